The van der Waals surface area contributed by atoms with Crippen molar-refractivity contribution >= 4 is 23.5 Å². The highest BCUT2D eigenvalue weighted by Gasteiger charge is 2.30. The summed E-state index contributed by atoms with van der Waals surface area (Å²) in [6.07, 6.45) is 1.19. The molecule has 0 unspecified atom stereocenters. The van der Waals surface area contributed by atoms with E-state index in [0.29, 0.717) is 17.1 Å². The third kappa shape index (κ3) is 3.94. The first-order valence-electron chi connectivity index (χ1n) is 9.42. The number of carboxylic acid groups (broad SMARTS) is 1. The fourth-order valence-corrected chi connectivity index (χ4v) is 3.25. The van der Waals surface area contributed by atoms with Crippen LogP contribution >= 0.6 is 0 Å². The Morgan fingerprint density at radius 2 is 1.74 bits per heavy atom. The van der Waals surface area contributed by atoms with E-state index in [9.17, 15) is 19.5 Å². The van der Waals surface area contributed by atoms with Crippen molar-refractivity contribution in [3.8, 4) is 16.9 Å². The van der Waals surface area contributed by atoms with Crippen LogP contribution in [0.3, 0.4) is 0 Å². The quantitative estimate of drug-likeness (QED) is 0.501. The molecular formula is C22H18N4O5. The molecule has 2 amide bonds. The molecular weight excluding hydrogens is 400 g/mol. The summed E-state index contributed by atoms with van der Waals surface area (Å²) in [5.74, 6) is -2.12. The van der Waals surface area contributed by atoms with Crippen LogP contribution in [-0.2, 0) is 9.59 Å². The van der Waals surface area contributed by atoms with E-state index in [1.165, 1.54) is 16.8 Å². The average molecular weight is 418 g/mol. The summed E-state index contributed by atoms with van der Waals surface area (Å²) in [5.41, 5.74) is 2.66. The number of benzene rings is 2. The number of anilines is 1. The molecule has 0 saturated carbocycles. The van der Waals surface area contributed by atoms with Gasteiger partial charge in [0.15, 0.2) is 5.69 Å². The van der Waals surface area contributed by atoms with Gasteiger partial charge in [0.25, 0.3) is 11.8 Å². The minimum atomic E-state index is -1.13. The van der Waals surface area contributed by atoms with E-state index in [0.717, 1.165) is 10.5 Å². The topological polar surface area (TPSA) is 125 Å². The number of aromatic nitrogens is 2. The number of aliphatic hydroxyl groups is 1. The second-order valence-corrected chi connectivity index (χ2v) is 6.75. The molecule has 9 heteroatoms. The van der Waals surface area contributed by atoms with Crippen molar-refractivity contribution in [3.05, 3.63) is 78.1 Å². The van der Waals surface area contributed by atoms with Crippen LogP contribution in [0.25, 0.3) is 16.9 Å². The molecule has 0 spiro atoms. The zero-order valence-electron chi connectivity index (χ0n) is 16.2. The summed E-state index contributed by atoms with van der Waals surface area (Å²) in [5, 5.41) is 25.4. The first-order valence-corrected chi connectivity index (χ1v) is 9.42. The number of carboxylic acids is 1. The monoisotopic (exact) mass is 418 g/mol. The first-order chi connectivity index (χ1) is 15.0. The lowest BCUT2D eigenvalue weighted by Gasteiger charge is -2.13. The van der Waals surface area contributed by atoms with Crippen molar-refractivity contribution in [1.29, 1.82) is 0 Å². The number of nitrogens with one attached hydrogen (secondary N) is 1. The maximum Gasteiger partial charge on any atom is 0.356 e. The highest BCUT2D eigenvalue weighted by Crippen LogP contribution is 2.25. The number of rotatable bonds is 7. The molecule has 2 heterocycles. The Bertz CT molecular complexity index is 1180. The molecule has 1 aliphatic rings. The number of aliphatic hydroxyl groups excluding tert-OH is 1. The van der Waals surface area contributed by atoms with Gasteiger partial charge in [0.1, 0.15) is 5.70 Å². The fourth-order valence-electron chi connectivity index (χ4n) is 3.25. The maximum absolute atomic E-state index is 12.3. The molecule has 0 atom stereocenters. The lowest BCUT2D eigenvalue weighted by molar-refractivity contribution is -0.137. The van der Waals surface area contributed by atoms with Gasteiger partial charge < -0.3 is 15.5 Å². The number of hydrogen-bond acceptors (Lipinski definition) is 6. The molecule has 31 heavy (non-hydrogen) atoms. The Morgan fingerprint density at radius 3 is 2.39 bits per heavy atom. The van der Waals surface area contributed by atoms with Gasteiger partial charge in [-0.2, -0.15) is 5.10 Å². The molecule has 0 bridgehead atoms. The molecule has 9 nitrogen and oxygen atoms in total. The summed E-state index contributed by atoms with van der Waals surface area (Å²) >= 11 is 0. The molecule has 0 fully saturated rings. The van der Waals surface area contributed by atoms with Crippen molar-refractivity contribution in [2.75, 3.05) is 18.5 Å². The van der Waals surface area contributed by atoms with E-state index < -0.39 is 17.8 Å². The van der Waals surface area contributed by atoms with E-state index in [2.05, 4.69) is 10.4 Å². The number of β-amino-alcohol motifs (C(OH)–C–C–N with tert-alkyl or cyclic N) is 1. The third-order valence-corrected chi connectivity index (χ3v) is 4.72. The molecule has 2 aromatic carbocycles. The zero-order valence-corrected chi connectivity index (χ0v) is 16.2. The Balaban J connectivity index is 1.61. The number of carbonyl (C=O) groups is 3. The van der Waals surface area contributed by atoms with Gasteiger partial charge >= 0.3 is 5.97 Å². The van der Waals surface area contributed by atoms with Gasteiger partial charge in [0, 0.05) is 17.3 Å². The van der Waals surface area contributed by atoms with E-state index in [-0.39, 0.29) is 24.5 Å². The largest absolute Gasteiger partial charge is 0.476 e. The van der Waals surface area contributed by atoms with Crippen molar-refractivity contribution in [1.82, 2.24) is 14.7 Å². The molecule has 3 N–H and O–H groups in total. The summed E-state index contributed by atoms with van der Waals surface area (Å²) in [6.45, 7) is -0.370. The molecule has 0 saturated heterocycles. The van der Waals surface area contributed by atoms with Crippen molar-refractivity contribution < 1.29 is 24.6 Å². The molecule has 4 rings (SSSR count). The second-order valence-electron chi connectivity index (χ2n) is 6.75. The number of nitrogens with zero attached hydrogens (tertiary/aromatic N) is 3. The normalized spacial score (nSPS) is 13.5. The van der Waals surface area contributed by atoms with E-state index in [4.69, 9.17) is 5.11 Å². The molecule has 3 aromatic rings. The van der Waals surface area contributed by atoms with Crippen LogP contribution in [0.15, 0.2) is 72.4 Å². The number of aromatic carboxylic acids is 1. The predicted octanol–water partition coefficient (Wildman–Crippen LogP) is 1.89. The van der Waals surface area contributed by atoms with Gasteiger partial charge in [0.2, 0.25) is 0 Å². The summed E-state index contributed by atoms with van der Waals surface area (Å²) in [7, 11) is 0. The first kappa shape index (κ1) is 20.0. The molecule has 156 valence electrons. The Hall–Kier alpha value is -4.24. The lowest BCUT2D eigenvalue weighted by Crippen LogP contribution is -2.34. The average Bonchev–Trinajstić information content (AvgIpc) is 3.33. The van der Waals surface area contributed by atoms with Crippen molar-refractivity contribution in [2.24, 2.45) is 0 Å². The predicted molar refractivity (Wildman–Crippen MR) is 111 cm³/mol. The third-order valence-electron chi connectivity index (χ3n) is 4.72. The van der Waals surface area contributed by atoms with Crippen LogP contribution in [0.2, 0.25) is 0 Å². The number of imide groups is 1. The van der Waals surface area contributed by atoms with Gasteiger partial charge in [0.05, 0.1) is 24.5 Å². The summed E-state index contributed by atoms with van der Waals surface area (Å²) in [4.78, 5) is 36.5. The molecule has 0 aliphatic carbocycles. The molecule has 0 radical (unpaired) electrons. The van der Waals surface area contributed by atoms with Gasteiger partial charge in [-0.25, -0.2) is 9.48 Å². The number of hydrogen-bond donors (Lipinski definition) is 3. The highest BCUT2D eigenvalue weighted by atomic mass is 16.4. The SMILES string of the molecule is O=C(O)c1cc(-c2ccccc2)n(-c2ccc(NC3=CC(=O)N(CCO)C3=O)cc2)n1. The van der Waals surface area contributed by atoms with Crippen LogP contribution in [0, 0.1) is 0 Å². The van der Waals surface area contributed by atoms with E-state index in [1.807, 2.05) is 30.3 Å². The summed E-state index contributed by atoms with van der Waals surface area (Å²) in [6, 6.07) is 17.6. The molecule has 1 aliphatic heterocycles. The van der Waals surface area contributed by atoms with Crippen LogP contribution in [0.4, 0.5) is 5.69 Å². The van der Waals surface area contributed by atoms with E-state index in [1.54, 1.807) is 24.3 Å². The smallest absolute Gasteiger partial charge is 0.356 e. The van der Waals surface area contributed by atoms with E-state index >= 15 is 0 Å². The Kier molecular flexibility index (Phi) is 5.33. The Labute approximate surface area is 176 Å². The van der Waals surface area contributed by atoms with Crippen LogP contribution in [0.1, 0.15) is 10.5 Å². The lowest BCUT2D eigenvalue weighted by atomic mass is 10.1. The van der Waals surface area contributed by atoms with Crippen molar-refractivity contribution in [3.63, 3.8) is 0 Å². The second kappa shape index (κ2) is 8.25. The zero-order chi connectivity index (χ0) is 22.0. The minimum Gasteiger partial charge on any atom is -0.476 e. The van der Waals surface area contributed by atoms with Crippen LogP contribution in [0.5, 0.6) is 0 Å². The maximum atomic E-state index is 12.3. The van der Waals surface area contributed by atoms with Gasteiger partial charge in [-0.3, -0.25) is 14.5 Å². The van der Waals surface area contributed by atoms with Crippen molar-refractivity contribution in [2.45, 2.75) is 0 Å². The highest BCUT2D eigenvalue weighted by molar-refractivity contribution is 6.17. The fraction of sp³-hybridized carbons (Fsp3) is 0.0909. The van der Waals surface area contributed by atoms with Crippen LogP contribution < -0.4 is 5.32 Å². The number of amides is 2. The number of carbonyl (C=O) groups excluding carboxylic acids is 2. The standard InChI is InChI=1S/C22H18N4O5/c27-11-10-25-20(28)13-17(21(25)29)23-15-6-8-16(9-7-15)26-19(12-18(24-26)22(30)31)14-4-2-1-3-5-14/h1-9,12-13,23,27H,10-11H2,(H,30,31). The minimum absolute atomic E-state index is 0.0637. The summed E-state index contributed by atoms with van der Waals surface area (Å²) < 4.78 is 1.54. The van der Waals surface area contributed by atoms with Gasteiger partial charge in [-0.15, -0.1) is 0 Å². The van der Waals surface area contributed by atoms with Gasteiger partial charge in [-0.1, -0.05) is 30.3 Å². The Morgan fingerprint density at radius 1 is 1.03 bits per heavy atom. The molecule has 1 aromatic heterocycles. The van der Waals surface area contributed by atoms with Crippen LogP contribution in [-0.4, -0.2) is 55.8 Å². The van der Waals surface area contributed by atoms with Gasteiger partial charge in [-0.05, 0) is 30.3 Å².